The van der Waals surface area contributed by atoms with E-state index < -0.39 is 0 Å². The van der Waals surface area contributed by atoms with Crippen LogP contribution in [0.2, 0.25) is 5.02 Å². The number of rotatable bonds is 4. The molecule has 1 unspecified atom stereocenters. The summed E-state index contributed by atoms with van der Waals surface area (Å²) in [4.78, 5) is 25.7. The van der Waals surface area contributed by atoms with Crippen molar-refractivity contribution in [3.05, 3.63) is 40.9 Å². The van der Waals surface area contributed by atoms with E-state index in [1.54, 1.807) is 30.0 Å². The highest BCUT2D eigenvalue weighted by atomic mass is 35.5. The van der Waals surface area contributed by atoms with Crippen LogP contribution >= 0.6 is 11.6 Å². The van der Waals surface area contributed by atoms with Crippen LogP contribution in [0.3, 0.4) is 0 Å². The number of hydrogen-bond donors (Lipinski definition) is 0. The van der Waals surface area contributed by atoms with Crippen molar-refractivity contribution < 1.29 is 14.3 Å². The van der Waals surface area contributed by atoms with E-state index in [4.69, 9.17) is 16.3 Å². The molecule has 1 aromatic rings. The first-order chi connectivity index (χ1) is 10.6. The van der Waals surface area contributed by atoms with Gasteiger partial charge >= 0.3 is 5.97 Å². The fourth-order valence-corrected chi connectivity index (χ4v) is 2.71. The molecule has 22 heavy (non-hydrogen) atoms. The van der Waals surface area contributed by atoms with Gasteiger partial charge in [-0.2, -0.15) is 0 Å². The molecule has 0 bridgehead atoms. The first-order valence-electron chi connectivity index (χ1n) is 7.49. The lowest BCUT2D eigenvalue weighted by molar-refractivity contribution is -0.150. The Morgan fingerprint density at radius 1 is 1.45 bits per heavy atom. The number of hydrogen-bond acceptors (Lipinski definition) is 3. The summed E-state index contributed by atoms with van der Waals surface area (Å²) < 4.78 is 5.04. The molecular formula is C17H20ClNO3. The molecule has 0 aliphatic carbocycles. The predicted molar refractivity (Wildman–Crippen MR) is 86.4 cm³/mol. The molecule has 0 saturated carbocycles. The number of esters is 1. The molecule has 4 nitrogen and oxygen atoms in total. The number of halogens is 1. The highest BCUT2D eigenvalue weighted by Crippen LogP contribution is 2.19. The number of carbonyl (C=O) groups is 2. The fourth-order valence-electron chi connectivity index (χ4n) is 2.51. The zero-order valence-electron chi connectivity index (χ0n) is 12.6. The molecule has 1 fully saturated rings. The molecule has 1 aliphatic rings. The summed E-state index contributed by atoms with van der Waals surface area (Å²) in [7, 11) is 0. The van der Waals surface area contributed by atoms with E-state index in [1.165, 1.54) is 6.08 Å². The Hall–Kier alpha value is -1.81. The summed E-state index contributed by atoms with van der Waals surface area (Å²) in [6.45, 7) is 3.27. The minimum Gasteiger partial charge on any atom is -0.466 e. The molecule has 0 spiro atoms. The number of nitrogens with zero attached hydrogens (tertiary/aromatic N) is 1. The molecule has 5 heteroatoms. The number of carbonyl (C=O) groups excluding carboxylic acids is 2. The Kier molecular flexibility index (Phi) is 6.01. The first-order valence-corrected chi connectivity index (χ1v) is 7.87. The number of amides is 1. The van der Waals surface area contributed by atoms with E-state index in [0.717, 1.165) is 18.4 Å². The first kappa shape index (κ1) is 16.6. The molecule has 118 valence electrons. The van der Waals surface area contributed by atoms with E-state index in [2.05, 4.69) is 0 Å². The molecule has 1 aromatic carbocycles. The van der Waals surface area contributed by atoms with Crippen LogP contribution in [0.1, 0.15) is 25.3 Å². The van der Waals surface area contributed by atoms with Gasteiger partial charge in [0.15, 0.2) is 0 Å². The predicted octanol–water partition coefficient (Wildman–Crippen LogP) is 3.15. The normalized spacial score (nSPS) is 18.5. The minimum atomic E-state index is -0.211. The standard InChI is InChI=1S/C17H20ClNO3/c1-2-22-17(21)14-6-4-10-19(12-14)16(20)9-8-13-5-3-7-15(18)11-13/h3,5,7-9,11,14H,2,4,6,10,12H2,1H3. The Morgan fingerprint density at radius 3 is 3.00 bits per heavy atom. The molecule has 1 atom stereocenters. The summed E-state index contributed by atoms with van der Waals surface area (Å²) in [6.07, 6.45) is 4.86. The van der Waals surface area contributed by atoms with Crippen LogP contribution in [-0.2, 0) is 14.3 Å². The summed E-state index contributed by atoms with van der Waals surface area (Å²) in [6, 6.07) is 7.30. The highest BCUT2D eigenvalue weighted by Gasteiger charge is 2.28. The molecule has 1 amide bonds. The van der Waals surface area contributed by atoms with Gasteiger partial charge in [0.2, 0.25) is 5.91 Å². The number of ether oxygens (including phenoxy) is 1. The second kappa shape index (κ2) is 7.99. The van der Waals surface area contributed by atoms with Crippen molar-refractivity contribution in [2.75, 3.05) is 19.7 Å². The van der Waals surface area contributed by atoms with Gasteiger partial charge in [0.1, 0.15) is 0 Å². The molecule has 1 saturated heterocycles. The van der Waals surface area contributed by atoms with Crippen LogP contribution in [-0.4, -0.2) is 36.5 Å². The zero-order valence-corrected chi connectivity index (χ0v) is 13.4. The van der Waals surface area contributed by atoms with Gasteiger partial charge < -0.3 is 9.64 Å². The zero-order chi connectivity index (χ0) is 15.9. The maximum Gasteiger partial charge on any atom is 0.310 e. The average Bonchev–Trinajstić information content (AvgIpc) is 2.53. The Bertz CT molecular complexity index is 571. The van der Waals surface area contributed by atoms with Gasteiger partial charge in [0.25, 0.3) is 0 Å². The molecule has 1 aliphatic heterocycles. The summed E-state index contributed by atoms with van der Waals surface area (Å²) in [5, 5.41) is 0.634. The van der Waals surface area contributed by atoms with E-state index in [0.29, 0.717) is 24.7 Å². The minimum absolute atomic E-state index is 0.0889. The summed E-state index contributed by atoms with van der Waals surface area (Å²) in [5.41, 5.74) is 0.875. The van der Waals surface area contributed by atoms with Gasteiger partial charge in [-0.1, -0.05) is 23.7 Å². The number of benzene rings is 1. The van der Waals surface area contributed by atoms with Gasteiger partial charge in [-0.05, 0) is 43.5 Å². The second-order valence-corrected chi connectivity index (χ2v) is 5.70. The summed E-state index contributed by atoms with van der Waals surface area (Å²) >= 11 is 5.91. The van der Waals surface area contributed by atoms with Crippen molar-refractivity contribution >= 4 is 29.6 Å². The highest BCUT2D eigenvalue weighted by molar-refractivity contribution is 6.30. The van der Waals surface area contributed by atoms with Crippen molar-refractivity contribution in [3.63, 3.8) is 0 Å². The summed E-state index contributed by atoms with van der Waals surface area (Å²) in [5.74, 6) is -0.509. The van der Waals surface area contributed by atoms with Crippen LogP contribution in [0.5, 0.6) is 0 Å². The average molecular weight is 322 g/mol. The fraction of sp³-hybridized carbons (Fsp3) is 0.412. The third-order valence-electron chi connectivity index (χ3n) is 3.62. The lowest BCUT2D eigenvalue weighted by Gasteiger charge is -2.30. The van der Waals surface area contributed by atoms with Crippen molar-refractivity contribution in [2.24, 2.45) is 5.92 Å². The molecule has 0 aromatic heterocycles. The van der Waals surface area contributed by atoms with E-state index >= 15 is 0 Å². The maximum atomic E-state index is 12.2. The third kappa shape index (κ3) is 4.60. The quantitative estimate of drug-likeness (QED) is 0.632. The number of likely N-dealkylation sites (tertiary alicyclic amines) is 1. The van der Waals surface area contributed by atoms with Crippen LogP contribution in [0.25, 0.3) is 6.08 Å². The monoisotopic (exact) mass is 321 g/mol. The Labute approximate surface area is 135 Å². The van der Waals surface area contributed by atoms with E-state index in [9.17, 15) is 9.59 Å². The van der Waals surface area contributed by atoms with Crippen molar-refractivity contribution in [1.82, 2.24) is 4.90 Å². The Morgan fingerprint density at radius 2 is 2.27 bits per heavy atom. The van der Waals surface area contributed by atoms with Gasteiger partial charge in [-0.15, -0.1) is 0 Å². The molecule has 0 radical (unpaired) electrons. The smallest absolute Gasteiger partial charge is 0.310 e. The molecule has 1 heterocycles. The largest absolute Gasteiger partial charge is 0.466 e. The van der Waals surface area contributed by atoms with Crippen molar-refractivity contribution in [2.45, 2.75) is 19.8 Å². The topological polar surface area (TPSA) is 46.6 Å². The van der Waals surface area contributed by atoms with Crippen LogP contribution in [0.15, 0.2) is 30.3 Å². The van der Waals surface area contributed by atoms with Crippen LogP contribution < -0.4 is 0 Å². The van der Waals surface area contributed by atoms with E-state index in [-0.39, 0.29) is 17.8 Å². The molecule has 2 rings (SSSR count). The lowest BCUT2D eigenvalue weighted by atomic mass is 9.98. The van der Waals surface area contributed by atoms with Gasteiger partial charge in [0.05, 0.1) is 12.5 Å². The Balaban J connectivity index is 1.95. The maximum absolute atomic E-state index is 12.2. The van der Waals surface area contributed by atoms with Crippen LogP contribution in [0.4, 0.5) is 0 Å². The third-order valence-corrected chi connectivity index (χ3v) is 3.86. The van der Waals surface area contributed by atoms with Crippen molar-refractivity contribution in [1.29, 1.82) is 0 Å². The lowest BCUT2D eigenvalue weighted by Crippen LogP contribution is -2.42. The molecular weight excluding hydrogens is 302 g/mol. The van der Waals surface area contributed by atoms with Gasteiger partial charge in [-0.25, -0.2) is 0 Å². The number of piperidine rings is 1. The van der Waals surface area contributed by atoms with Crippen LogP contribution in [0, 0.1) is 5.92 Å². The SMILES string of the molecule is CCOC(=O)C1CCCN(C(=O)C=Cc2cccc(Cl)c2)C1. The van der Waals surface area contributed by atoms with Gasteiger partial charge in [-0.3, -0.25) is 9.59 Å². The second-order valence-electron chi connectivity index (χ2n) is 5.26. The van der Waals surface area contributed by atoms with Gasteiger partial charge in [0, 0.05) is 24.2 Å². The van der Waals surface area contributed by atoms with Crippen molar-refractivity contribution in [3.8, 4) is 0 Å². The molecule has 0 N–H and O–H groups in total. The van der Waals surface area contributed by atoms with E-state index in [1.807, 2.05) is 12.1 Å².